The molecule has 0 N–H and O–H groups in total. The zero-order valence-electron chi connectivity index (χ0n) is 10.8. The van der Waals surface area contributed by atoms with Crippen LogP contribution in [0.3, 0.4) is 0 Å². The van der Waals surface area contributed by atoms with Crippen molar-refractivity contribution in [2.24, 2.45) is 0 Å². The summed E-state index contributed by atoms with van der Waals surface area (Å²) in [5, 5.41) is 0. The van der Waals surface area contributed by atoms with Gasteiger partial charge in [0.2, 0.25) is 0 Å². The molecular weight excluding hydrogens is 248 g/mol. The van der Waals surface area contributed by atoms with E-state index in [0.29, 0.717) is 5.56 Å². The standard InChI is InChI=1S/C14H14O5/c1-18-12(16)8-14(13(17)19-2)10-6-4-3-5-9(10)7-11(14)15/h3-6H,7-8H2,1-2H3. The molecule has 2 rings (SSSR count). The number of ether oxygens (including phenoxy) is 2. The van der Waals surface area contributed by atoms with Gasteiger partial charge in [-0.1, -0.05) is 24.3 Å². The average Bonchev–Trinajstić information content (AvgIpc) is 2.71. The minimum absolute atomic E-state index is 0.127. The van der Waals surface area contributed by atoms with Crippen molar-refractivity contribution in [1.82, 2.24) is 0 Å². The Kier molecular flexibility index (Phi) is 3.38. The van der Waals surface area contributed by atoms with Gasteiger partial charge >= 0.3 is 11.9 Å². The summed E-state index contributed by atoms with van der Waals surface area (Å²) in [4.78, 5) is 36.0. The molecule has 0 saturated heterocycles. The largest absolute Gasteiger partial charge is 0.469 e. The molecule has 0 fully saturated rings. The minimum atomic E-state index is -1.56. The van der Waals surface area contributed by atoms with Crippen LogP contribution >= 0.6 is 0 Å². The Balaban J connectivity index is 2.58. The molecule has 1 aliphatic carbocycles. The summed E-state index contributed by atoms with van der Waals surface area (Å²) in [7, 11) is 2.42. The maximum absolute atomic E-state index is 12.3. The van der Waals surface area contributed by atoms with E-state index < -0.39 is 17.4 Å². The minimum Gasteiger partial charge on any atom is -0.469 e. The molecule has 1 unspecified atom stereocenters. The zero-order valence-corrected chi connectivity index (χ0v) is 10.8. The normalized spacial score (nSPS) is 20.8. The Labute approximate surface area is 110 Å². The molecule has 5 heteroatoms. The first-order valence-corrected chi connectivity index (χ1v) is 5.83. The lowest BCUT2D eigenvalue weighted by Gasteiger charge is -2.24. The summed E-state index contributed by atoms with van der Waals surface area (Å²) >= 11 is 0. The number of esters is 2. The van der Waals surface area contributed by atoms with Gasteiger partial charge in [-0.25, -0.2) is 0 Å². The van der Waals surface area contributed by atoms with E-state index in [1.54, 1.807) is 24.3 Å². The SMILES string of the molecule is COC(=O)CC1(C(=O)OC)C(=O)Cc2ccccc21. The molecule has 100 valence electrons. The molecule has 1 aliphatic rings. The second-order valence-electron chi connectivity index (χ2n) is 4.41. The first kappa shape index (κ1) is 13.3. The molecule has 0 spiro atoms. The van der Waals surface area contributed by atoms with Gasteiger partial charge in [-0.3, -0.25) is 14.4 Å². The van der Waals surface area contributed by atoms with Crippen LogP contribution in [0, 0.1) is 0 Å². The molecular formula is C14H14O5. The molecule has 0 amide bonds. The number of carbonyl (C=O) groups excluding carboxylic acids is 3. The molecule has 1 aromatic carbocycles. The topological polar surface area (TPSA) is 69.7 Å². The lowest BCUT2D eigenvalue weighted by Crippen LogP contribution is -2.43. The van der Waals surface area contributed by atoms with Crippen LogP contribution < -0.4 is 0 Å². The van der Waals surface area contributed by atoms with Crippen molar-refractivity contribution in [2.75, 3.05) is 14.2 Å². The van der Waals surface area contributed by atoms with Gasteiger partial charge in [0.15, 0.2) is 11.2 Å². The Morgan fingerprint density at radius 1 is 1.21 bits per heavy atom. The van der Waals surface area contributed by atoms with Gasteiger partial charge in [-0.05, 0) is 11.1 Å². The Morgan fingerprint density at radius 3 is 2.53 bits per heavy atom. The van der Waals surface area contributed by atoms with E-state index in [0.717, 1.165) is 5.56 Å². The molecule has 0 aromatic heterocycles. The molecule has 0 heterocycles. The fourth-order valence-electron chi connectivity index (χ4n) is 2.52. The highest BCUT2D eigenvalue weighted by Crippen LogP contribution is 2.40. The smallest absolute Gasteiger partial charge is 0.324 e. The number of hydrogen-bond acceptors (Lipinski definition) is 5. The summed E-state index contributed by atoms with van der Waals surface area (Å²) < 4.78 is 9.34. The van der Waals surface area contributed by atoms with Crippen molar-refractivity contribution in [3.63, 3.8) is 0 Å². The second-order valence-corrected chi connectivity index (χ2v) is 4.41. The van der Waals surface area contributed by atoms with Crippen LogP contribution in [0.5, 0.6) is 0 Å². The van der Waals surface area contributed by atoms with Crippen LogP contribution in [-0.4, -0.2) is 31.9 Å². The first-order chi connectivity index (χ1) is 9.06. The van der Waals surface area contributed by atoms with Gasteiger partial charge in [0.1, 0.15) is 0 Å². The summed E-state index contributed by atoms with van der Waals surface area (Å²) in [5.41, 5.74) is -0.266. The Bertz CT molecular complexity index is 539. The van der Waals surface area contributed by atoms with Crippen LogP contribution in [-0.2, 0) is 35.7 Å². The molecule has 0 radical (unpaired) electrons. The van der Waals surface area contributed by atoms with E-state index in [1.165, 1.54) is 14.2 Å². The second kappa shape index (κ2) is 4.84. The molecule has 19 heavy (non-hydrogen) atoms. The third-order valence-corrected chi connectivity index (χ3v) is 3.48. The fraction of sp³-hybridized carbons (Fsp3) is 0.357. The van der Waals surface area contributed by atoms with Crippen LogP contribution in [0.25, 0.3) is 0 Å². The fourth-order valence-corrected chi connectivity index (χ4v) is 2.52. The molecule has 0 saturated carbocycles. The highest BCUT2D eigenvalue weighted by atomic mass is 16.5. The predicted octanol–water partition coefficient (Wildman–Crippen LogP) is 0.786. The third kappa shape index (κ3) is 1.91. The molecule has 0 bridgehead atoms. The summed E-state index contributed by atoms with van der Waals surface area (Å²) in [5.74, 6) is -1.66. The molecule has 0 aliphatic heterocycles. The lowest BCUT2D eigenvalue weighted by atomic mass is 9.78. The quantitative estimate of drug-likeness (QED) is 0.595. The number of hydrogen-bond donors (Lipinski definition) is 0. The number of fused-ring (bicyclic) bond motifs is 1. The van der Waals surface area contributed by atoms with E-state index >= 15 is 0 Å². The van der Waals surface area contributed by atoms with Crippen molar-refractivity contribution in [1.29, 1.82) is 0 Å². The number of benzene rings is 1. The maximum Gasteiger partial charge on any atom is 0.324 e. The highest BCUT2D eigenvalue weighted by molar-refractivity contribution is 6.15. The number of carbonyl (C=O) groups is 3. The summed E-state index contributed by atoms with van der Waals surface area (Å²) in [6.45, 7) is 0. The lowest BCUT2D eigenvalue weighted by molar-refractivity contribution is -0.157. The van der Waals surface area contributed by atoms with E-state index in [4.69, 9.17) is 4.74 Å². The molecule has 1 atom stereocenters. The van der Waals surface area contributed by atoms with Gasteiger partial charge in [-0.15, -0.1) is 0 Å². The maximum atomic E-state index is 12.3. The number of Topliss-reactive ketones (excluding diaryl/α,β-unsaturated/α-hetero) is 1. The van der Waals surface area contributed by atoms with Crippen molar-refractivity contribution in [3.05, 3.63) is 35.4 Å². The van der Waals surface area contributed by atoms with Crippen LogP contribution in [0.1, 0.15) is 17.5 Å². The molecule has 1 aromatic rings. The van der Waals surface area contributed by atoms with Crippen LogP contribution in [0.15, 0.2) is 24.3 Å². The van der Waals surface area contributed by atoms with Crippen molar-refractivity contribution in [3.8, 4) is 0 Å². The predicted molar refractivity (Wildman–Crippen MR) is 65.5 cm³/mol. The van der Waals surface area contributed by atoms with Crippen molar-refractivity contribution < 1.29 is 23.9 Å². The van der Waals surface area contributed by atoms with E-state index in [9.17, 15) is 14.4 Å². The zero-order chi connectivity index (χ0) is 14.0. The summed E-state index contributed by atoms with van der Waals surface area (Å²) in [6, 6.07) is 6.97. The third-order valence-electron chi connectivity index (χ3n) is 3.48. The molecule has 5 nitrogen and oxygen atoms in total. The first-order valence-electron chi connectivity index (χ1n) is 5.83. The Hall–Kier alpha value is -2.17. The highest BCUT2D eigenvalue weighted by Gasteiger charge is 2.54. The Morgan fingerprint density at radius 2 is 1.89 bits per heavy atom. The number of rotatable bonds is 3. The number of ketones is 1. The average molecular weight is 262 g/mol. The van der Waals surface area contributed by atoms with Gasteiger partial charge in [-0.2, -0.15) is 0 Å². The van der Waals surface area contributed by atoms with Gasteiger partial charge in [0.05, 0.1) is 20.6 Å². The number of methoxy groups -OCH3 is 2. The van der Waals surface area contributed by atoms with Crippen LogP contribution in [0.2, 0.25) is 0 Å². The van der Waals surface area contributed by atoms with Gasteiger partial charge in [0, 0.05) is 6.42 Å². The van der Waals surface area contributed by atoms with E-state index in [1.807, 2.05) is 0 Å². The monoisotopic (exact) mass is 262 g/mol. The summed E-state index contributed by atoms with van der Waals surface area (Å²) in [6.07, 6.45) is -0.200. The van der Waals surface area contributed by atoms with E-state index in [2.05, 4.69) is 4.74 Å². The van der Waals surface area contributed by atoms with Crippen LogP contribution in [0.4, 0.5) is 0 Å². The van der Waals surface area contributed by atoms with Crippen molar-refractivity contribution >= 4 is 17.7 Å². The van der Waals surface area contributed by atoms with Gasteiger partial charge < -0.3 is 9.47 Å². The van der Waals surface area contributed by atoms with Crippen molar-refractivity contribution in [2.45, 2.75) is 18.3 Å². The van der Waals surface area contributed by atoms with E-state index in [-0.39, 0.29) is 18.6 Å². The van der Waals surface area contributed by atoms with Gasteiger partial charge in [0.25, 0.3) is 0 Å².